The van der Waals surface area contributed by atoms with Gasteiger partial charge in [-0.1, -0.05) is 20.8 Å². The Bertz CT molecular complexity index is 268. The summed E-state index contributed by atoms with van der Waals surface area (Å²) in [7, 11) is 0. The van der Waals surface area contributed by atoms with E-state index >= 15 is 0 Å². The molecule has 2 aliphatic heterocycles. The highest BCUT2D eigenvalue weighted by Crippen LogP contribution is 2.40. The van der Waals surface area contributed by atoms with Crippen molar-refractivity contribution in [3.8, 4) is 0 Å². The molecule has 2 bridgehead atoms. The molecular weight excluding hydrogens is 200 g/mol. The summed E-state index contributed by atoms with van der Waals surface area (Å²) < 4.78 is 0. The van der Waals surface area contributed by atoms with E-state index in [4.69, 9.17) is 5.73 Å². The number of fused-ring (bicyclic) bond motifs is 2. The monoisotopic (exact) mass is 224 g/mol. The van der Waals surface area contributed by atoms with Crippen LogP contribution in [0.25, 0.3) is 0 Å². The number of nitrogens with two attached hydrogens (primary N) is 1. The van der Waals surface area contributed by atoms with Gasteiger partial charge in [-0.05, 0) is 38.1 Å². The van der Waals surface area contributed by atoms with Gasteiger partial charge in [-0.15, -0.1) is 0 Å². The van der Waals surface area contributed by atoms with Crippen molar-refractivity contribution in [3.63, 3.8) is 0 Å². The van der Waals surface area contributed by atoms with Crippen molar-refractivity contribution in [2.45, 2.75) is 58.5 Å². The van der Waals surface area contributed by atoms with Crippen molar-refractivity contribution in [3.05, 3.63) is 0 Å². The van der Waals surface area contributed by atoms with Crippen molar-refractivity contribution >= 4 is 5.91 Å². The van der Waals surface area contributed by atoms with Crippen LogP contribution in [-0.2, 0) is 4.79 Å². The van der Waals surface area contributed by atoms with Crippen LogP contribution in [0.3, 0.4) is 0 Å². The van der Waals surface area contributed by atoms with Crippen LogP contribution >= 0.6 is 0 Å². The number of piperidine rings is 1. The van der Waals surface area contributed by atoms with Gasteiger partial charge in [0.05, 0.1) is 0 Å². The lowest BCUT2D eigenvalue weighted by atomic mass is 9.87. The minimum Gasteiger partial charge on any atom is -0.336 e. The second-order valence-electron chi connectivity index (χ2n) is 6.42. The van der Waals surface area contributed by atoms with Crippen LogP contribution < -0.4 is 5.73 Å². The highest BCUT2D eigenvalue weighted by Gasteiger charge is 2.45. The lowest BCUT2D eigenvalue weighted by Gasteiger charge is -2.41. The van der Waals surface area contributed by atoms with Gasteiger partial charge in [0.2, 0.25) is 5.91 Å². The Balaban J connectivity index is 2.12. The summed E-state index contributed by atoms with van der Waals surface area (Å²) in [4.78, 5) is 14.5. The molecule has 3 heteroatoms. The third-order valence-corrected chi connectivity index (χ3v) is 4.04. The predicted octanol–water partition coefficient (Wildman–Crippen LogP) is 1.76. The van der Waals surface area contributed by atoms with E-state index in [1.807, 2.05) is 20.8 Å². The molecule has 2 fully saturated rings. The predicted molar refractivity (Wildman–Crippen MR) is 64.9 cm³/mol. The van der Waals surface area contributed by atoms with Crippen LogP contribution in [0.4, 0.5) is 0 Å². The van der Waals surface area contributed by atoms with Gasteiger partial charge >= 0.3 is 0 Å². The van der Waals surface area contributed by atoms with E-state index < -0.39 is 0 Å². The summed E-state index contributed by atoms with van der Waals surface area (Å²) >= 11 is 0. The number of hydrogen-bond acceptors (Lipinski definition) is 2. The van der Waals surface area contributed by atoms with Crippen LogP contribution in [0.1, 0.15) is 46.5 Å². The molecule has 2 atom stereocenters. The first-order valence-corrected chi connectivity index (χ1v) is 6.46. The van der Waals surface area contributed by atoms with Gasteiger partial charge < -0.3 is 10.6 Å². The molecule has 0 aromatic heterocycles. The van der Waals surface area contributed by atoms with Gasteiger partial charge in [-0.25, -0.2) is 0 Å². The number of carbonyl (C=O) groups is 1. The van der Waals surface area contributed by atoms with E-state index in [2.05, 4.69) is 4.90 Å². The largest absolute Gasteiger partial charge is 0.336 e. The highest BCUT2D eigenvalue weighted by molar-refractivity contribution is 5.82. The van der Waals surface area contributed by atoms with Gasteiger partial charge in [0.1, 0.15) is 0 Å². The lowest BCUT2D eigenvalue weighted by molar-refractivity contribution is -0.144. The Kier molecular flexibility index (Phi) is 2.99. The molecule has 0 radical (unpaired) electrons. The number of rotatable bonds is 1. The third kappa shape index (κ3) is 1.97. The quantitative estimate of drug-likeness (QED) is 0.737. The molecule has 0 aromatic carbocycles. The molecule has 2 N–H and O–H groups in total. The Morgan fingerprint density at radius 1 is 1.25 bits per heavy atom. The fraction of sp³-hybridized carbons (Fsp3) is 0.923. The first-order valence-electron chi connectivity index (χ1n) is 6.46. The maximum absolute atomic E-state index is 12.4. The fourth-order valence-electron chi connectivity index (χ4n) is 3.20. The molecule has 16 heavy (non-hydrogen) atoms. The molecular formula is C13H24N2O. The minimum atomic E-state index is -0.240. The SMILES string of the molecule is CC(C)(C)C(=O)N1C2CCC1CC(CN)C2. The third-order valence-electron chi connectivity index (χ3n) is 4.04. The fourth-order valence-corrected chi connectivity index (χ4v) is 3.20. The Labute approximate surface area is 98.4 Å². The molecule has 92 valence electrons. The maximum atomic E-state index is 12.4. The molecule has 0 aromatic rings. The Morgan fingerprint density at radius 3 is 2.12 bits per heavy atom. The Morgan fingerprint density at radius 2 is 1.75 bits per heavy atom. The molecule has 2 saturated heterocycles. The van der Waals surface area contributed by atoms with Crippen molar-refractivity contribution in [1.29, 1.82) is 0 Å². The van der Waals surface area contributed by atoms with Crippen molar-refractivity contribution in [1.82, 2.24) is 4.90 Å². The standard InChI is InChI=1S/C13H24N2O/c1-13(2,3)12(16)15-10-4-5-11(15)7-9(6-10)8-14/h9-11H,4-8,14H2,1-3H3. The molecule has 2 unspecified atom stereocenters. The first kappa shape index (κ1) is 11.9. The van der Waals surface area contributed by atoms with Crippen molar-refractivity contribution in [2.24, 2.45) is 17.1 Å². The van der Waals surface area contributed by atoms with E-state index in [0.29, 0.717) is 23.9 Å². The number of nitrogens with zero attached hydrogens (tertiary/aromatic N) is 1. The van der Waals surface area contributed by atoms with Crippen LogP contribution in [0.15, 0.2) is 0 Å². The van der Waals surface area contributed by atoms with E-state index in [1.165, 1.54) is 12.8 Å². The van der Waals surface area contributed by atoms with Gasteiger partial charge in [0.15, 0.2) is 0 Å². The summed E-state index contributed by atoms with van der Waals surface area (Å²) in [5.41, 5.74) is 5.52. The zero-order chi connectivity index (χ0) is 11.9. The Hall–Kier alpha value is -0.570. The van der Waals surface area contributed by atoms with Gasteiger partial charge in [0, 0.05) is 17.5 Å². The van der Waals surface area contributed by atoms with Gasteiger partial charge in [0.25, 0.3) is 0 Å². The molecule has 0 spiro atoms. The normalized spacial score (nSPS) is 34.2. The number of hydrogen-bond donors (Lipinski definition) is 1. The first-order chi connectivity index (χ1) is 7.43. The highest BCUT2D eigenvalue weighted by atomic mass is 16.2. The summed E-state index contributed by atoms with van der Waals surface area (Å²) in [5, 5.41) is 0. The molecule has 2 heterocycles. The number of amides is 1. The average molecular weight is 224 g/mol. The maximum Gasteiger partial charge on any atom is 0.228 e. The van der Waals surface area contributed by atoms with Crippen LogP contribution in [-0.4, -0.2) is 29.4 Å². The zero-order valence-corrected chi connectivity index (χ0v) is 10.7. The van der Waals surface area contributed by atoms with E-state index in [0.717, 1.165) is 19.4 Å². The number of carbonyl (C=O) groups excluding carboxylic acids is 1. The second-order valence-corrected chi connectivity index (χ2v) is 6.42. The summed E-state index contributed by atoms with van der Waals surface area (Å²) in [6, 6.07) is 0.943. The molecule has 3 nitrogen and oxygen atoms in total. The summed E-state index contributed by atoms with van der Waals surface area (Å²) in [5.74, 6) is 0.969. The average Bonchev–Trinajstić information content (AvgIpc) is 2.46. The van der Waals surface area contributed by atoms with Crippen LogP contribution in [0, 0.1) is 11.3 Å². The van der Waals surface area contributed by atoms with Crippen molar-refractivity contribution in [2.75, 3.05) is 6.54 Å². The summed E-state index contributed by atoms with van der Waals surface area (Å²) in [6.07, 6.45) is 4.61. The van der Waals surface area contributed by atoms with Crippen molar-refractivity contribution < 1.29 is 4.79 Å². The van der Waals surface area contributed by atoms with E-state index in [1.54, 1.807) is 0 Å². The van der Waals surface area contributed by atoms with Gasteiger partial charge in [-0.2, -0.15) is 0 Å². The van der Waals surface area contributed by atoms with Gasteiger partial charge in [-0.3, -0.25) is 4.79 Å². The topological polar surface area (TPSA) is 46.3 Å². The second kappa shape index (κ2) is 4.02. The molecule has 1 amide bonds. The lowest BCUT2D eigenvalue weighted by Crippen LogP contribution is -2.51. The molecule has 0 saturated carbocycles. The van der Waals surface area contributed by atoms with Crippen LogP contribution in [0.5, 0.6) is 0 Å². The van der Waals surface area contributed by atoms with E-state index in [9.17, 15) is 4.79 Å². The molecule has 0 aliphatic carbocycles. The van der Waals surface area contributed by atoms with Crippen LogP contribution in [0.2, 0.25) is 0 Å². The van der Waals surface area contributed by atoms with E-state index in [-0.39, 0.29) is 5.41 Å². The molecule has 2 rings (SSSR count). The zero-order valence-electron chi connectivity index (χ0n) is 10.7. The molecule has 2 aliphatic rings. The smallest absolute Gasteiger partial charge is 0.228 e. The minimum absolute atomic E-state index is 0.240. The summed E-state index contributed by atoms with van der Waals surface area (Å²) in [6.45, 7) is 6.84.